The zero-order valence-corrected chi connectivity index (χ0v) is 17.8. The minimum Gasteiger partial charge on any atom is -0.496 e. The van der Waals surface area contributed by atoms with Crippen molar-refractivity contribution in [2.24, 2.45) is 0 Å². The summed E-state index contributed by atoms with van der Waals surface area (Å²) in [7, 11) is 1.71. The molecule has 1 heterocycles. The molecule has 0 radical (unpaired) electrons. The van der Waals surface area contributed by atoms with E-state index in [1.165, 1.54) is 5.69 Å². The molecular weight excluding hydrogens is 382 g/mol. The van der Waals surface area contributed by atoms with Crippen LogP contribution >= 0.6 is 0 Å². The lowest BCUT2D eigenvalue weighted by Crippen LogP contribution is -2.19. The first-order chi connectivity index (χ1) is 15.3. The number of rotatable bonds is 5. The second-order valence-corrected chi connectivity index (χ2v) is 7.59. The van der Waals surface area contributed by atoms with Gasteiger partial charge in [0.25, 0.3) is 0 Å². The summed E-state index contributed by atoms with van der Waals surface area (Å²) in [5.74, 6) is 1.68. The van der Waals surface area contributed by atoms with E-state index in [-0.39, 0.29) is 6.10 Å². The maximum absolute atomic E-state index is 6.56. The number of nitrogens with zero attached hydrogens (tertiary/aromatic N) is 1. The van der Waals surface area contributed by atoms with Crippen LogP contribution in [0.4, 0.5) is 11.4 Å². The maximum Gasteiger partial charge on any atom is 0.150 e. The molecule has 0 bridgehead atoms. The Morgan fingerprint density at radius 3 is 2.26 bits per heavy atom. The van der Waals surface area contributed by atoms with Crippen molar-refractivity contribution in [1.82, 2.24) is 0 Å². The third-order valence-corrected chi connectivity index (χ3v) is 5.84. The lowest BCUT2D eigenvalue weighted by atomic mass is 9.88. The zero-order chi connectivity index (χ0) is 21.2. The van der Waals surface area contributed by atoms with Gasteiger partial charge in [-0.15, -0.1) is 0 Å². The smallest absolute Gasteiger partial charge is 0.150 e. The molecule has 5 rings (SSSR count). The Morgan fingerprint density at radius 1 is 0.806 bits per heavy atom. The molecule has 3 heteroatoms. The van der Waals surface area contributed by atoms with Gasteiger partial charge in [0.05, 0.1) is 12.7 Å². The molecule has 0 amide bonds. The number of ether oxygens (including phenoxy) is 2. The monoisotopic (exact) mass is 407 g/mol. The molecule has 4 aromatic rings. The van der Waals surface area contributed by atoms with Crippen molar-refractivity contribution < 1.29 is 9.47 Å². The van der Waals surface area contributed by atoms with E-state index in [4.69, 9.17) is 9.47 Å². The minimum atomic E-state index is -0.176. The molecule has 0 saturated heterocycles. The molecule has 0 aromatic heterocycles. The molecular formula is C28H25NO2. The molecule has 1 aliphatic heterocycles. The van der Waals surface area contributed by atoms with Gasteiger partial charge in [-0.05, 0) is 54.4 Å². The van der Waals surface area contributed by atoms with Crippen LogP contribution in [0.2, 0.25) is 0 Å². The number of anilines is 2. The SMILES string of the molecule is CCN(c1ccccc1)c1ccc2c(c1)C(c1ccccc1)Oc1cccc(OC)c1-2. The summed E-state index contributed by atoms with van der Waals surface area (Å²) >= 11 is 0. The highest BCUT2D eigenvalue weighted by molar-refractivity contribution is 5.83. The molecule has 3 nitrogen and oxygen atoms in total. The predicted molar refractivity (Wildman–Crippen MR) is 126 cm³/mol. The van der Waals surface area contributed by atoms with E-state index in [0.717, 1.165) is 46.0 Å². The highest BCUT2D eigenvalue weighted by Crippen LogP contribution is 2.49. The van der Waals surface area contributed by atoms with Gasteiger partial charge in [-0.1, -0.05) is 60.7 Å². The first-order valence-corrected chi connectivity index (χ1v) is 10.7. The Morgan fingerprint density at radius 2 is 1.55 bits per heavy atom. The van der Waals surface area contributed by atoms with Crippen molar-refractivity contribution in [3.8, 4) is 22.6 Å². The number of fused-ring (bicyclic) bond motifs is 3. The van der Waals surface area contributed by atoms with Gasteiger partial charge in [0.1, 0.15) is 17.6 Å². The van der Waals surface area contributed by atoms with Crippen LogP contribution in [0.5, 0.6) is 11.5 Å². The van der Waals surface area contributed by atoms with Gasteiger partial charge in [-0.3, -0.25) is 0 Å². The van der Waals surface area contributed by atoms with Crippen molar-refractivity contribution in [2.45, 2.75) is 13.0 Å². The Hall–Kier alpha value is -3.72. The Kier molecular flexibility index (Phi) is 5.09. The fourth-order valence-corrected chi connectivity index (χ4v) is 4.40. The lowest BCUT2D eigenvalue weighted by molar-refractivity contribution is 0.242. The highest BCUT2D eigenvalue weighted by atomic mass is 16.5. The van der Waals surface area contributed by atoms with E-state index in [2.05, 4.69) is 78.6 Å². The average Bonchev–Trinajstić information content (AvgIpc) is 2.84. The topological polar surface area (TPSA) is 21.7 Å². The molecule has 1 atom stereocenters. The van der Waals surface area contributed by atoms with Gasteiger partial charge in [0, 0.05) is 23.5 Å². The molecule has 154 valence electrons. The summed E-state index contributed by atoms with van der Waals surface area (Å²) in [4.78, 5) is 2.32. The first-order valence-electron chi connectivity index (χ1n) is 10.7. The summed E-state index contributed by atoms with van der Waals surface area (Å²) in [6.07, 6.45) is -0.176. The third-order valence-electron chi connectivity index (χ3n) is 5.84. The Balaban J connectivity index is 1.70. The molecule has 4 aromatic carbocycles. The van der Waals surface area contributed by atoms with E-state index in [1.807, 2.05) is 30.3 Å². The zero-order valence-electron chi connectivity index (χ0n) is 17.8. The second-order valence-electron chi connectivity index (χ2n) is 7.59. The van der Waals surface area contributed by atoms with Crippen LogP contribution in [0.15, 0.2) is 97.1 Å². The number of methoxy groups -OCH3 is 1. The molecule has 1 unspecified atom stereocenters. The van der Waals surface area contributed by atoms with E-state index in [0.29, 0.717) is 0 Å². The number of hydrogen-bond donors (Lipinski definition) is 0. The Bertz CT molecular complexity index is 1190. The first kappa shape index (κ1) is 19.3. The maximum atomic E-state index is 6.56. The van der Waals surface area contributed by atoms with Crippen LogP contribution in [0.1, 0.15) is 24.2 Å². The Labute approximate surface area is 183 Å². The summed E-state index contributed by atoms with van der Waals surface area (Å²) < 4.78 is 12.3. The van der Waals surface area contributed by atoms with Crippen LogP contribution in [-0.4, -0.2) is 13.7 Å². The minimum absolute atomic E-state index is 0.176. The van der Waals surface area contributed by atoms with Crippen LogP contribution < -0.4 is 14.4 Å². The quantitative estimate of drug-likeness (QED) is 0.355. The van der Waals surface area contributed by atoms with Crippen molar-refractivity contribution in [1.29, 1.82) is 0 Å². The molecule has 1 aliphatic rings. The number of benzene rings is 4. The van der Waals surface area contributed by atoms with Crippen molar-refractivity contribution >= 4 is 11.4 Å². The van der Waals surface area contributed by atoms with Gasteiger partial charge in [-0.2, -0.15) is 0 Å². The van der Waals surface area contributed by atoms with Gasteiger partial charge < -0.3 is 14.4 Å². The van der Waals surface area contributed by atoms with Crippen LogP contribution in [-0.2, 0) is 0 Å². The normalized spacial score (nSPS) is 14.2. The van der Waals surface area contributed by atoms with Crippen LogP contribution in [0, 0.1) is 0 Å². The van der Waals surface area contributed by atoms with Crippen molar-refractivity contribution in [3.05, 3.63) is 108 Å². The molecule has 0 aliphatic carbocycles. The summed E-state index contributed by atoms with van der Waals surface area (Å²) in [6, 6.07) is 33.6. The lowest BCUT2D eigenvalue weighted by Gasteiger charge is -2.32. The van der Waals surface area contributed by atoms with Crippen LogP contribution in [0.25, 0.3) is 11.1 Å². The predicted octanol–water partition coefficient (Wildman–Crippen LogP) is 7.00. The second kappa shape index (κ2) is 8.19. The average molecular weight is 408 g/mol. The van der Waals surface area contributed by atoms with Gasteiger partial charge in [0.15, 0.2) is 0 Å². The molecule has 31 heavy (non-hydrogen) atoms. The summed E-state index contributed by atoms with van der Waals surface area (Å²) in [5.41, 5.74) is 6.78. The van der Waals surface area contributed by atoms with Gasteiger partial charge in [-0.25, -0.2) is 0 Å². The van der Waals surface area contributed by atoms with E-state index >= 15 is 0 Å². The van der Waals surface area contributed by atoms with E-state index in [1.54, 1.807) is 7.11 Å². The van der Waals surface area contributed by atoms with Crippen molar-refractivity contribution in [3.63, 3.8) is 0 Å². The van der Waals surface area contributed by atoms with Crippen molar-refractivity contribution in [2.75, 3.05) is 18.6 Å². The fourth-order valence-electron chi connectivity index (χ4n) is 4.40. The highest BCUT2D eigenvalue weighted by Gasteiger charge is 2.30. The standard InChI is InChI=1S/C28H25NO2/c1-3-29(21-13-8-5-9-14-21)22-17-18-23-24(19-22)28(20-11-6-4-7-12-20)31-26-16-10-15-25(30-2)27(23)26/h4-19,28H,3H2,1-2H3. The fraction of sp³-hybridized carbons (Fsp3) is 0.143. The largest absolute Gasteiger partial charge is 0.496 e. The van der Waals surface area contributed by atoms with Crippen LogP contribution in [0.3, 0.4) is 0 Å². The molecule has 0 spiro atoms. The summed E-state index contributed by atoms with van der Waals surface area (Å²) in [5, 5.41) is 0. The third kappa shape index (κ3) is 3.42. The molecule has 0 fully saturated rings. The molecule has 0 N–H and O–H groups in total. The van der Waals surface area contributed by atoms with Gasteiger partial charge >= 0.3 is 0 Å². The molecule has 0 saturated carbocycles. The number of hydrogen-bond acceptors (Lipinski definition) is 3. The summed E-state index contributed by atoms with van der Waals surface area (Å²) in [6.45, 7) is 3.05. The number of para-hydroxylation sites is 1. The van der Waals surface area contributed by atoms with Gasteiger partial charge in [0.2, 0.25) is 0 Å². The van der Waals surface area contributed by atoms with E-state index < -0.39 is 0 Å². The van der Waals surface area contributed by atoms with E-state index in [9.17, 15) is 0 Å².